The molecule has 0 aliphatic carbocycles. The van der Waals surface area contributed by atoms with E-state index in [1.807, 2.05) is 46.9 Å². The lowest BCUT2D eigenvalue weighted by Gasteiger charge is -2.16. The first-order valence-electron chi connectivity index (χ1n) is 9.14. The van der Waals surface area contributed by atoms with Crippen LogP contribution < -0.4 is 5.56 Å². The third-order valence-electron chi connectivity index (χ3n) is 4.54. The standard InChI is InChI=1S/C21H22N4OS/c1-13(2)15-9-5-7-11-17(15)24-19(26)16-10-6-8-12-18(16)25-20(24)22-23-21(25)27-14(3)4/h5-14H,1-4H3. The van der Waals surface area contributed by atoms with Crippen LogP contribution in [-0.4, -0.2) is 24.4 Å². The Morgan fingerprint density at radius 2 is 1.63 bits per heavy atom. The predicted octanol–water partition coefficient (Wildman–Crippen LogP) is 4.66. The number of fused-ring (bicyclic) bond motifs is 3. The van der Waals surface area contributed by atoms with Crippen LogP contribution in [0.1, 0.15) is 39.2 Å². The Morgan fingerprint density at radius 1 is 0.926 bits per heavy atom. The lowest BCUT2D eigenvalue weighted by molar-refractivity contribution is 0.837. The van der Waals surface area contributed by atoms with E-state index in [1.54, 1.807) is 16.3 Å². The van der Waals surface area contributed by atoms with Crippen molar-refractivity contribution in [1.82, 2.24) is 19.2 Å². The molecule has 2 heterocycles. The third kappa shape index (κ3) is 2.94. The van der Waals surface area contributed by atoms with Crippen molar-refractivity contribution < 1.29 is 0 Å². The Hall–Kier alpha value is -2.60. The normalized spacial score (nSPS) is 11.9. The van der Waals surface area contributed by atoms with E-state index in [0.29, 0.717) is 16.4 Å². The van der Waals surface area contributed by atoms with E-state index in [2.05, 4.69) is 44.0 Å². The number of thioether (sulfide) groups is 1. The maximum atomic E-state index is 13.4. The summed E-state index contributed by atoms with van der Waals surface area (Å²) in [5, 5.41) is 10.6. The molecule has 138 valence electrons. The lowest BCUT2D eigenvalue weighted by Crippen LogP contribution is -2.23. The first kappa shape index (κ1) is 17.8. The minimum atomic E-state index is -0.0697. The minimum absolute atomic E-state index is 0.0697. The average Bonchev–Trinajstić information content (AvgIpc) is 3.05. The van der Waals surface area contributed by atoms with Gasteiger partial charge in [0.25, 0.3) is 5.56 Å². The van der Waals surface area contributed by atoms with Gasteiger partial charge >= 0.3 is 0 Å². The molecular weight excluding hydrogens is 356 g/mol. The van der Waals surface area contributed by atoms with E-state index < -0.39 is 0 Å². The van der Waals surface area contributed by atoms with Crippen LogP contribution in [0.5, 0.6) is 0 Å². The fourth-order valence-electron chi connectivity index (χ4n) is 3.36. The van der Waals surface area contributed by atoms with Crippen LogP contribution >= 0.6 is 11.8 Å². The van der Waals surface area contributed by atoms with Gasteiger partial charge in [-0.05, 0) is 29.7 Å². The van der Waals surface area contributed by atoms with Crippen LogP contribution in [0.15, 0.2) is 58.5 Å². The molecule has 4 aromatic rings. The van der Waals surface area contributed by atoms with Gasteiger partial charge in [0.05, 0.1) is 16.6 Å². The molecule has 0 unspecified atom stereocenters. The fraction of sp³-hybridized carbons (Fsp3) is 0.286. The van der Waals surface area contributed by atoms with E-state index in [0.717, 1.165) is 21.9 Å². The molecule has 0 amide bonds. The van der Waals surface area contributed by atoms with Gasteiger partial charge in [-0.25, -0.2) is 4.57 Å². The van der Waals surface area contributed by atoms with Crippen LogP contribution in [0.25, 0.3) is 22.4 Å². The van der Waals surface area contributed by atoms with Gasteiger partial charge < -0.3 is 0 Å². The first-order chi connectivity index (χ1) is 13.0. The third-order valence-corrected chi connectivity index (χ3v) is 5.48. The van der Waals surface area contributed by atoms with Crippen LogP contribution in [-0.2, 0) is 0 Å². The molecule has 5 nitrogen and oxygen atoms in total. The van der Waals surface area contributed by atoms with Crippen molar-refractivity contribution in [2.24, 2.45) is 0 Å². The van der Waals surface area contributed by atoms with Crippen LogP contribution in [0.4, 0.5) is 0 Å². The van der Waals surface area contributed by atoms with Crippen molar-refractivity contribution in [2.45, 2.75) is 44.0 Å². The molecule has 0 atom stereocenters. The topological polar surface area (TPSA) is 52.2 Å². The highest BCUT2D eigenvalue weighted by molar-refractivity contribution is 7.99. The number of para-hydroxylation sites is 2. The predicted molar refractivity (Wildman–Crippen MR) is 111 cm³/mol. The SMILES string of the molecule is CC(C)Sc1nnc2n(-c3ccccc3C(C)C)c(=O)c3ccccc3n12. The Kier molecular flexibility index (Phi) is 4.52. The van der Waals surface area contributed by atoms with E-state index >= 15 is 0 Å². The molecule has 0 fully saturated rings. The summed E-state index contributed by atoms with van der Waals surface area (Å²) in [6, 6.07) is 15.7. The molecule has 0 radical (unpaired) electrons. The van der Waals surface area contributed by atoms with E-state index in [1.165, 1.54) is 0 Å². The van der Waals surface area contributed by atoms with Crippen molar-refractivity contribution in [3.63, 3.8) is 0 Å². The summed E-state index contributed by atoms with van der Waals surface area (Å²) in [6.07, 6.45) is 0. The zero-order valence-electron chi connectivity index (χ0n) is 15.9. The Morgan fingerprint density at radius 3 is 2.37 bits per heavy atom. The number of rotatable bonds is 4. The molecule has 2 aromatic heterocycles. The summed E-state index contributed by atoms with van der Waals surface area (Å²) >= 11 is 1.64. The number of aromatic nitrogens is 4. The second kappa shape index (κ2) is 6.85. The van der Waals surface area contributed by atoms with Gasteiger partial charge in [0.1, 0.15) is 0 Å². The molecular formula is C21H22N4OS. The summed E-state index contributed by atoms with van der Waals surface area (Å²) in [5.41, 5.74) is 2.74. The Bertz CT molecular complexity index is 1190. The van der Waals surface area contributed by atoms with Gasteiger partial charge in [0.15, 0.2) is 5.16 Å². The molecule has 0 aliphatic rings. The molecule has 2 aromatic carbocycles. The number of hydrogen-bond acceptors (Lipinski definition) is 4. The van der Waals surface area contributed by atoms with E-state index in [4.69, 9.17) is 0 Å². The lowest BCUT2D eigenvalue weighted by atomic mass is 10.0. The molecule has 27 heavy (non-hydrogen) atoms. The molecule has 4 rings (SSSR count). The number of hydrogen-bond donors (Lipinski definition) is 0. The summed E-state index contributed by atoms with van der Waals surface area (Å²) in [6.45, 7) is 8.51. The molecule has 0 aliphatic heterocycles. The maximum Gasteiger partial charge on any atom is 0.267 e. The Balaban J connectivity index is 2.17. The van der Waals surface area contributed by atoms with Crippen molar-refractivity contribution in [2.75, 3.05) is 0 Å². The van der Waals surface area contributed by atoms with E-state index in [9.17, 15) is 4.79 Å². The summed E-state index contributed by atoms with van der Waals surface area (Å²) < 4.78 is 3.70. The van der Waals surface area contributed by atoms with Crippen LogP contribution in [0.2, 0.25) is 0 Å². The van der Waals surface area contributed by atoms with Crippen LogP contribution in [0.3, 0.4) is 0 Å². The minimum Gasteiger partial charge on any atom is -0.268 e. The molecule has 6 heteroatoms. The van der Waals surface area contributed by atoms with Crippen molar-refractivity contribution in [1.29, 1.82) is 0 Å². The van der Waals surface area contributed by atoms with Gasteiger partial charge in [0.2, 0.25) is 5.78 Å². The molecule has 0 bridgehead atoms. The van der Waals surface area contributed by atoms with Gasteiger partial charge in [-0.2, -0.15) is 0 Å². The molecule has 0 saturated heterocycles. The van der Waals surface area contributed by atoms with Crippen molar-refractivity contribution >= 4 is 28.4 Å². The van der Waals surface area contributed by atoms with Gasteiger partial charge in [-0.3, -0.25) is 9.20 Å². The average molecular weight is 379 g/mol. The second-order valence-electron chi connectivity index (χ2n) is 7.16. The smallest absolute Gasteiger partial charge is 0.267 e. The second-order valence-corrected chi connectivity index (χ2v) is 8.70. The Labute approximate surface area is 162 Å². The maximum absolute atomic E-state index is 13.4. The fourth-order valence-corrected chi connectivity index (χ4v) is 4.16. The highest BCUT2D eigenvalue weighted by atomic mass is 32.2. The molecule has 0 spiro atoms. The summed E-state index contributed by atoms with van der Waals surface area (Å²) in [7, 11) is 0. The molecule has 0 saturated carbocycles. The number of nitrogens with zero attached hydrogens (tertiary/aromatic N) is 4. The molecule has 0 N–H and O–H groups in total. The largest absolute Gasteiger partial charge is 0.268 e. The van der Waals surface area contributed by atoms with E-state index in [-0.39, 0.29) is 11.5 Å². The highest BCUT2D eigenvalue weighted by Gasteiger charge is 2.20. The van der Waals surface area contributed by atoms with Gasteiger partial charge in [0, 0.05) is 5.25 Å². The number of benzene rings is 2. The highest BCUT2D eigenvalue weighted by Crippen LogP contribution is 2.28. The van der Waals surface area contributed by atoms with Gasteiger partial charge in [-0.1, -0.05) is 69.8 Å². The quantitative estimate of drug-likeness (QED) is 0.485. The van der Waals surface area contributed by atoms with Crippen molar-refractivity contribution in [3.8, 4) is 5.69 Å². The first-order valence-corrected chi connectivity index (χ1v) is 10.0. The summed E-state index contributed by atoms with van der Waals surface area (Å²) in [4.78, 5) is 13.4. The summed E-state index contributed by atoms with van der Waals surface area (Å²) in [5.74, 6) is 0.835. The van der Waals surface area contributed by atoms with Crippen LogP contribution in [0, 0.1) is 0 Å². The van der Waals surface area contributed by atoms with Gasteiger partial charge in [-0.15, -0.1) is 10.2 Å². The zero-order valence-corrected chi connectivity index (χ0v) is 16.7. The monoisotopic (exact) mass is 378 g/mol. The zero-order chi connectivity index (χ0) is 19.1. The van der Waals surface area contributed by atoms with Crippen molar-refractivity contribution in [3.05, 3.63) is 64.4 Å².